The standard InChI is InChI=1S/C23H25BN2O4/c1-15-20(13-14-23(26-15)28-3)30-21-6-4-5-18-19(21)11-12-22(18)29-17-9-7-16(8-10-17)24(27)25-2/h4-10,13-14,22,25,27H,11-12H2,1-3H3/t22-/m1/s1. The van der Waals surface area contributed by atoms with Crippen LogP contribution in [-0.2, 0) is 6.42 Å². The SMILES string of the molecule is CNB(O)c1ccc(O[C@@H]2CCc3c(Oc4ccc(OC)nc4C)cccc32)cc1. The molecule has 6 nitrogen and oxygen atoms in total. The minimum atomic E-state index is -0.679. The Morgan fingerprint density at radius 1 is 1.07 bits per heavy atom. The van der Waals surface area contributed by atoms with Crippen molar-refractivity contribution >= 4 is 12.5 Å². The molecule has 2 aromatic carbocycles. The van der Waals surface area contributed by atoms with Crippen LogP contribution < -0.4 is 24.9 Å². The van der Waals surface area contributed by atoms with E-state index in [2.05, 4.69) is 16.3 Å². The van der Waals surface area contributed by atoms with Gasteiger partial charge >= 0.3 is 7.05 Å². The number of hydrogen-bond donors (Lipinski definition) is 2. The van der Waals surface area contributed by atoms with Crippen molar-refractivity contribution in [2.45, 2.75) is 25.9 Å². The van der Waals surface area contributed by atoms with Crippen LogP contribution in [0.3, 0.4) is 0 Å². The van der Waals surface area contributed by atoms with Crippen LogP contribution >= 0.6 is 0 Å². The Hall–Kier alpha value is -3.03. The summed E-state index contributed by atoms with van der Waals surface area (Å²) in [5, 5.41) is 12.7. The highest BCUT2D eigenvalue weighted by Crippen LogP contribution is 2.41. The zero-order valence-electron chi connectivity index (χ0n) is 17.4. The third kappa shape index (κ3) is 4.13. The second-order valence-electron chi connectivity index (χ2n) is 7.27. The number of rotatable bonds is 7. The van der Waals surface area contributed by atoms with Gasteiger partial charge in [-0.25, -0.2) is 4.98 Å². The molecule has 0 radical (unpaired) electrons. The first-order chi connectivity index (χ1) is 14.6. The third-order valence-electron chi connectivity index (χ3n) is 5.36. The van der Waals surface area contributed by atoms with E-state index in [-0.39, 0.29) is 6.10 Å². The lowest BCUT2D eigenvalue weighted by molar-refractivity contribution is 0.207. The molecule has 0 fully saturated rings. The Morgan fingerprint density at radius 3 is 2.57 bits per heavy atom. The smallest absolute Gasteiger partial charge is 0.412 e. The molecule has 3 aromatic rings. The van der Waals surface area contributed by atoms with Crippen LogP contribution in [0, 0.1) is 6.92 Å². The summed E-state index contributed by atoms with van der Waals surface area (Å²) in [4.78, 5) is 4.38. The predicted octanol–water partition coefficient (Wildman–Crippen LogP) is 3.16. The van der Waals surface area contributed by atoms with Crippen molar-refractivity contribution in [2.75, 3.05) is 14.2 Å². The van der Waals surface area contributed by atoms with Gasteiger partial charge in [0.25, 0.3) is 0 Å². The van der Waals surface area contributed by atoms with E-state index in [1.807, 2.05) is 49.4 Å². The first-order valence-electron chi connectivity index (χ1n) is 10.0. The van der Waals surface area contributed by atoms with Gasteiger partial charge in [-0.2, -0.15) is 0 Å². The fourth-order valence-corrected chi connectivity index (χ4v) is 3.73. The maximum absolute atomic E-state index is 9.86. The van der Waals surface area contributed by atoms with Crippen LogP contribution in [0.25, 0.3) is 0 Å². The average molecular weight is 404 g/mol. The molecule has 0 amide bonds. The van der Waals surface area contributed by atoms with Gasteiger partial charge in [-0.3, -0.25) is 0 Å². The molecule has 4 rings (SSSR count). The lowest BCUT2D eigenvalue weighted by Crippen LogP contribution is -2.42. The summed E-state index contributed by atoms with van der Waals surface area (Å²) in [6, 6.07) is 17.3. The summed E-state index contributed by atoms with van der Waals surface area (Å²) in [7, 11) is 2.64. The largest absolute Gasteiger partial charge is 0.486 e. The zero-order chi connectivity index (χ0) is 21.1. The number of hydrogen-bond acceptors (Lipinski definition) is 6. The molecule has 1 aliphatic carbocycles. The Kier molecular flexibility index (Phi) is 5.92. The summed E-state index contributed by atoms with van der Waals surface area (Å²) in [5.41, 5.74) is 3.89. The van der Waals surface area contributed by atoms with Crippen LogP contribution in [0.5, 0.6) is 23.1 Å². The van der Waals surface area contributed by atoms with E-state index >= 15 is 0 Å². The molecule has 30 heavy (non-hydrogen) atoms. The van der Waals surface area contributed by atoms with Crippen molar-refractivity contribution in [1.82, 2.24) is 10.2 Å². The molecule has 2 N–H and O–H groups in total. The minimum absolute atomic E-state index is 0.0290. The van der Waals surface area contributed by atoms with Gasteiger partial charge in [-0.1, -0.05) is 24.3 Å². The summed E-state index contributed by atoms with van der Waals surface area (Å²) >= 11 is 0. The fraction of sp³-hybridized carbons (Fsp3) is 0.261. The van der Waals surface area contributed by atoms with Crippen LogP contribution in [0.4, 0.5) is 0 Å². The number of ether oxygens (including phenoxy) is 3. The van der Waals surface area contributed by atoms with Gasteiger partial charge in [-0.15, -0.1) is 0 Å². The Labute approximate surface area is 177 Å². The molecule has 1 aliphatic rings. The van der Waals surface area contributed by atoms with Gasteiger partial charge in [0, 0.05) is 11.6 Å². The molecule has 0 aliphatic heterocycles. The lowest BCUT2D eigenvalue weighted by atomic mass is 9.75. The van der Waals surface area contributed by atoms with Crippen molar-refractivity contribution in [3.05, 3.63) is 71.4 Å². The molecule has 0 spiro atoms. The second-order valence-corrected chi connectivity index (χ2v) is 7.27. The molecule has 7 heteroatoms. The van der Waals surface area contributed by atoms with Gasteiger partial charge in [0.2, 0.25) is 5.88 Å². The topological polar surface area (TPSA) is 72.8 Å². The second kappa shape index (κ2) is 8.77. The van der Waals surface area contributed by atoms with Crippen LogP contribution in [0.2, 0.25) is 0 Å². The quantitative estimate of drug-likeness (QED) is 0.590. The molecule has 154 valence electrons. The molecule has 1 aromatic heterocycles. The number of fused-ring (bicyclic) bond motifs is 1. The van der Waals surface area contributed by atoms with Crippen LogP contribution in [0.1, 0.15) is 29.3 Å². The summed E-state index contributed by atoms with van der Waals surface area (Å²) < 4.78 is 17.6. The number of aryl methyl sites for hydroxylation is 1. The number of nitrogens with one attached hydrogen (secondary N) is 1. The summed E-state index contributed by atoms with van der Waals surface area (Å²) in [6.07, 6.45) is 1.74. The molecule has 0 bridgehead atoms. The molecule has 1 atom stereocenters. The number of aromatic nitrogens is 1. The molecule has 1 heterocycles. The number of benzene rings is 2. The Balaban J connectivity index is 1.52. The zero-order valence-corrected chi connectivity index (χ0v) is 17.4. The van der Waals surface area contributed by atoms with E-state index in [4.69, 9.17) is 14.2 Å². The Morgan fingerprint density at radius 2 is 1.87 bits per heavy atom. The molecule has 0 saturated carbocycles. The van der Waals surface area contributed by atoms with Crippen molar-refractivity contribution in [3.8, 4) is 23.1 Å². The van der Waals surface area contributed by atoms with Gasteiger partial charge < -0.3 is 24.5 Å². The minimum Gasteiger partial charge on any atom is -0.486 e. The van der Waals surface area contributed by atoms with E-state index in [1.54, 1.807) is 20.2 Å². The van der Waals surface area contributed by atoms with Gasteiger partial charge in [-0.05, 0) is 62.1 Å². The van der Waals surface area contributed by atoms with Gasteiger partial charge in [0.15, 0.2) is 0 Å². The molecule has 0 saturated heterocycles. The van der Waals surface area contributed by atoms with Gasteiger partial charge in [0.1, 0.15) is 23.4 Å². The third-order valence-corrected chi connectivity index (χ3v) is 5.36. The van der Waals surface area contributed by atoms with E-state index in [1.165, 1.54) is 5.56 Å². The van der Waals surface area contributed by atoms with E-state index in [0.717, 1.165) is 41.1 Å². The number of methoxy groups -OCH3 is 1. The van der Waals surface area contributed by atoms with Crippen molar-refractivity contribution in [1.29, 1.82) is 0 Å². The first kappa shape index (κ1) is 20.3. The van der Waals surface area contributed by atoms with Crippen molar-refractivity contribution in [3.63, 3.8) is 0 Å². The number of pyridine rings is 1. The normalized spacial score (nSPS) is 14.9. The van der Waals surface area contributed by atoms with E-state index in [9.17, 15) is 5.02 Å². The summed E-state index contributed by atoms with van der Waals surface area (Å²) in [6.45, 7) is 1.90. The fourth-order valence-electron chi connectivity index (χ4n) is 3.73. The molecular formula is C23H25BN2O4. The van der Waals surface area contributed by atoms with Gasteiger partial charge in [0.05, 0.1) is 12.8 Å². The van der Waals surface area contributed by atoms with Crippen LogP contribution in [-0.4, -0.2) is 31.2 Å². The highest BCUT2D eigenvalue weighted by Gasteiger charge is 2.27. The lowest BCUT2D eigenvalue weighted by Gasteiger charge is -2.17. The van der Waals surface area contributed by atoms with Crippen LogP contribution in [0.15, 0.2) is 54.6 Å². The highest BCUT2D eigenvalue weighted by molar-refractivity contribution is 6.63. The maximum atomic E-state index is 9.86. The Bertz CT molecular complexity index is 1030. The first-order valence-corrected chi connectivity index (χ1v) is 10.0. The van der Waals surface area contributed by atoms with Crippen molar-refractivity contribution < 1.29 is 19.2 Å². The number of nitrogens with zero attached hydrogens (tertiary/aromatic N) is 1. The monoisotopic (exact) mass is 404 g/mol. The molecular weight excluding hydrogens is 379 g/mol. The van der Waals surface area contributed by atoms with E-state index < -0.39 is 7.05 Å². The molecule has 0 unspecified atom stereocenters. The maximum Gasteiger partial charge on any atom is 0.412 e. The predicted molar refractivity (Wildman–Crippen MR) is 117 cm³/mol. The van der Waals surface area contributed by atoms with E-state index in [0.29, 0.717) is 11.6 Å². The highest BCUT2D eigenvalue weighted by atomic mass is 16.5. The van der Waals surface area contributed by atoms with Crippen molar-refractivity contribution in [2.24, 2.45) is 0 Å². The summed E-state index contributed by atoms with van der Waals surface area (Å²) in [5.74, 6) is 2.90. The average Bonchev–Trinajstić information content (AvgIpc) is 3.18.